The molecule has 1 atom stereocenters. The minimum absolute atomic E-state index is 0.385. The number of hydrogen-bond acceptors (Lipinski definition) is 4. The summed E-state index contributed by atoms with van der Waals surface area (Å²) in [5.41, 5.74) is 1.13. The number of likely N-dealkylation sites (tertiary alicyclic amines) is 1. The molecule has 2 heterocycles. The zero-order chi connectivity index (χ0) is 13.9. The van der Waals surface area contributed by atoms with Crippen LogP contribution in [0, 0.1) is 11.3 Å². The van der Waals surface area contributed by atoms with Crippen molar-refractivity contribution in [3.63, 3.8) is 0 Å². The average Bonchev–Trinajstić information content (AvgIpc) is 2.91. The molecule has 0 saturated carbocycles. The van der Waals surface area contributed by atoms with E-state index in [4.69, 9.17) is 10.2 Å². The Hall–Kier alpha value is -1.44. The van der Waals surface area contributed by atoms with Gasteiger partial charge in [0.1, 0.15) is 0 Å². The van der Waals surface area contributed by atoms with Gasteiger partial charge in [-0.1, -0.05) is 12.1 Å². The van der Waals surface area contributed by atoms with Crippen molar-refractivity contribution < 1.29 is 0 Å². The van der Waals surface area contributed by atoms with E-state index in [1.807, 2.05) is 11.3 Å². The van der Waals surface area contributed by atoms with E-state index >= 15 is 0 Å². The highest BCUT2D eigenvalue weighted by Crippen LogP contribution is 2.34. The summed E-state index contributed by atoms with van der Waals surface area (Å²) < 4.78 is 1.29. The fraction of sp³-hybridized carbons (Fsp3) is 0.500. The van der Waals surface area contributed by atoms with Gasteiger partial charge in [-0.2, -0.15) is 5.26 Å². The summed E-state index contributed by atoms with van der Waals surface area (Å²) in [6, 6.07) is 11.0. The van der Waals surface area contributed by atoms with Gasteiger partial charge in [-0.25, -0.2) is 4.98 Å². The molecule has 20 heavy (non-hydrogen) atoms. The molecule has 1 saturated heterocycles. The number of rotatable bonds is 3. The van der Waals surface area contributed by atoms with Gasteiger partial charge in [0.15, 0.2) is 0 Å². The molecule has 0 bridgehead atoms. The van der Waals surface area contributed by atoms with Crippen molar-refractivity contribution in [1.29, 1.82) is 5.26 Å². The van der Waals surface area contributed by atoms with E-state index in [1.165, 1.54) is 9.71 Å². The standard InChI is InChI=1S/C16H19N3S/c1-12(6-9-17)19-10-7-13(8-11-19)16-18-14-4-2-3-5-15(14)20-16/h2-5,12-13H,6-8,10-11H2,1H3/t12-/m1/s1. The van der Waals surface area contributed by atoms with E-state index in [9.17, 15) is 0 Å². The highest BCUT2D eigenvalue weighted by atomic mass is 32.1. The number of hydrogen-bond donors (Lipinski definition) is 0. The number of fused-ring (bicyclic) bond motifs is 1. The lowest BCUT2D eigenvalue weighted by molar-refractivity contribution is 0.163. The molecule has 1 fully saturated rings. The van der Waals surface area contributed by atoms with Crippen LogP contribution < -0.4 is 0 Å². The maximum absolute atomic E-state index is 8.79. The van der Waals surface area contributed by atoms with Gasteiger partial charge in [0.2, 0.25) is 0 Å². The Labute approximate surface area is 123 Å². The molecule has 1 aliphatic rings. The normalized spacial score (nSPS) is 19.0. The van der Waals surface area contributed by atoms with Crippen molar-refractivity contribution in [1.82, 2.24) is 9.88 Å². The van der Waals surface area contributed by atoms with Crippen molar-refractivity contribution in [3.8, 4) is 6.07 Å². The first-order chi connectivity index (χ1) is 9.78. The first kappa shape index (κ1) is 13.5. The van der Waals surface area contributed by atoms with Crippen molar-refractivity contribution in [3.05, 3.63) is 29.3 Å². The van der Waals surface area contributed by atoms with Gasteiger partial charge in [0.05, 0.1) is 27.7 Å². The predicted octanol–water partition coefficient (Wildman–Crippen LogP) is 3.78. The molecule has 0 unspecified atom stereocenters. The quantitative estimate of drug-likeness (QED) is 0.861. The number of benzene rings is 1. The minimum atomic E-state index is 0.385. The lowest BCUT2D eigenvalue weighted by Gasteiger charge is -2.34. The fourth-order valence-corrected chi connectivity index (χ4v) is 4.05. The summed E-state index contributed by atoms with van der Waals surface area (Å²) in [5.74, 6) is 0.595. The van der Waals surface area contributed by atoms with Crippen LogP contribution in [-0.2, 0) is 0 Å². The van der Waals surface area contributed by atoms with Crippen LogP contribution in [0.25, 0.3) is 10.2 Å². The molecule has 3 rings (SSSR count). The number of nitrogens with zero attached hydrogens (tertiary/aromatic N) is 3. The highest BCUT2D eigenvalue weighted by Gasteiger charge is 2.25. The van der Waals surface area contributed by atoms with Crippen molar-refractivity contribution in [2.45, 2.75) is 38.1 Å². The molecule has 0 amide bonds. The smallest absolute Gasteiger partial charge is 0.0970 e. The topological polar surface area (TPSA) is 39.9 Å². The zero-order valence-electron chi connectivity index (χ0n) is 11.7. The second-order valence-electron chi connectivity index (χ2n) is 5.54. The Bertz CT molecular complexity index is 587. The largest absolute Gasteiger partial charge is 0.300 e. The van der Waals surface area contributed by atoms with E-state index in [2.05, 4.69) is 42.2 Å². The first-order valence-corrected chi connectivity index (χ1v) is 8.06. The third kappa shape index (κ3) is 2.70. The lowest BCUT2D eigenvalue weighted by Crippen LogP contribution is -2.39. The van der Waals surface area contributed by atoms with Crippen LogP contribution in [0.1, 0.15) is 37.1 Å². The van der Waals surface area contributed by atoms with Crippen LogP contribution in [0.5, 0.6) is 0 Å². The third-order valence-corrected chi connectivity index (χ3v) is 5.40. The van der Waals surface area contributed by atoms with E-state index in [1.54, 1.807) is 0 Å². The summed E-state index contributed by atoms with van der Waals surface area (Å²) in [7, 11) is 0. The summed E-state index contributed by atoms with van der Waals surface area (Å²) >= 11 is 1.84. The van der Waals surface area contributed by atoms with Crippen molar-refractivity contribution in [2.75, 3.05) is 13.1 Å². The molecule has 1 aromatic heterocycles. The molecule has 104 valence electrons. The number of para-hydroxylation sites is 1. The van der Waals surface area contributed by atoms with Gasteiger partial charge in [-0.3, -0.25) is 4.90 Å². The Morgan fingerprint density at radius 1 is 1.40 bits per heavy atom. The summed E-state index contributed by atoms with van der Waals surface area (Å²) in [6.45, 7) is 4.33. The van der Waals surface area contributed by atoms with Crippen molar-refractivity contribution >= 4 is 21.6 Å². The van der Waals surface area contributed by atoms with Crippen molar-refractivity contribution in [2.24, 2.45) is 0 Å². The van der Waals surface area contributed by atoms with Gasteiger partial charge in [-0.05, 0) is 45.0 Å². The number of thiazole rings is 1. The number of aromatic nitrogens is 1. The lowest BCUT2D eigenvalue weighted by atomic mass is 9.96. The minimum Gasteiger partial charge on any atom is -0.300 e. The molecule has 0 aliphatic carbocycles. The number of piperidine rings is 1. The predicted molar refractivity (Wildman–Crippen MR) is 82.9 cm³/mol. The molecule has 2 aromatic rings. The summed E-state index contributed by atoms with van der Waals surface area (Å²) in [4.78, 5) is 7.23. The summed E-state index contributed by atoms with van der Waals surface area (Å²) in [5, 5.41) is 10.1. The monoisotopic (exact) mass is 285 g/mol. The molecule has 0 spiro atoms. The fourth-order valence-electron chi connectivity index (χ4n) is 2.91. The Balaban J connectivity index is 1.67. The number of nitriles is 1. The van der Waals surface area contributed by atoms with Crippen LogP contribution in [-0.4, -0.2) is 29.0 Å². The van der Waals surface area contributed by atoms with E-state index in [0.717, 1.165) is 31.4 Å². The maximum Gasteiger partial charge on any atom is 0.0970 e. The second kappa shape index (κ2) is 5.90. The van der Waals surface area contributed by atoms with Gasteiger partial charge >= 0.3 is 0 Å². The van der Waals surface area contributed by atoms with Crippen LogP contribution in [0.3, 0.4) is 0 Å². The van der Waals surface area contributed by atoms with Crippen LogP contribution in [0.4, 0.5) is 0 Å². The van der Waals surface area contributed by atoms with Crippen LogP contribution in [0.2, 0.25) is 0 Å². The van der Waals surface area contributed by atoms with Gasteiger partial charge < -0.3 is 0 Å². The molecular weight excluding hydrogens is 266 g/mol. The zero-order valence-corrected chi connectivity index (χ0v) is 12.6. The summed E-state index contributed by atoms with van der Waals surface area (Å²) in [6.07, 6.45) is 2.96. The van der Waals surface area contributed by atoms with Gasteiger partial charge in [0.25, 0.3) is 0 Å². The first-order valence-electron chi connectivity index (χ1n) is 7.24. The van der Waals surface area contributed by atoms with E-state index < -0.39 is 0 Å². The molecule has 0 radical (unpaired) electrons. The molecule has 4 heteroatoms. The van der Waals surface area contributed by atoms with E-state index in [0.29, 0.717) is 18.4 Å². The maximum atomic E-state index is 8.79. The third-order valence-electron chi connectivity index (χ3n) is 4.20. The molecule has 3 nitrogen and oxygen atoms in total. The SMILES string of the molecule is C[C@H](CC#N)N1CCC(c2nc3ccccc3s2)CC1. The highest BCUT2D eigenvalue weighted by molar-refractivity contribution is 7.18. The molecule has 1 aromatic carbocycles. The second-order valence-corrected chi connectivity index (χ2v) is 6.60. The Morgan fingerprint density at radius 2 is 2.15 bits per heavy atom. The Morgan fingerprint density at radius 3 is 2.85 bits per heavy atom. The Kier molecular flexibility index (Phi) is 4.00. The van der Waals surface area contributed by atoms with Gasteiger partial charge in [0, 0.05) is 12.0 Å². The van der Waals surface area contributed by atoms with Crippen LogP contribution in [0.15, 0.2) is 24.3 Å². The molecule has 0 N–H and O–H groups in total. The molecular formula is C16H19N3S. The molecule has 1 aliphatic heterocycles. The van der Waals surface area contributed by atoms with Gasteiger partial charge in [-0.15, -0.1) is 11.3 Å². The van der Waals surface area contributed by atoms with Crippen LogP contribution >= 0.6 is 11.3 Å². The van der Waals surface area contributed by atoms with E-state index in [-0.39, 0.29) is 0 Å². The average molecular weight is 285 g/mol.